The molecule has 0 atom stereocenters. The van der Waals surface area contributed by atoms with Crippen molar-refractivity contribution in [3.8, 4) is 5.75 Å². The number of methoxy groups -OCH3 is 1. The molecule has 0 aliphatic rings. The lowest BCUT2D eigenvalue weighted by atomic mass is 10.2. The van der Waals surface area contributed by atoms with Gasteiger partial charge >= 0.3 is 0 Å². The van der Waals surface area contributed by atoms with E-state index in [9.17, 15) is 0 Å². The summed E-state index contributed by atoms with van der Waals surface area (Å²) in [5.41, 5.74) is 5.83. The first-order chi connectivity index (χ1) is 8.74. The smallest absolute Gasteiger partial charge is 0.126 e. The van der Waals surface area contributed by atoms with Gasteiger partial charge in [-0.15, -0.1) is 0 Å². The van der Waals surface area contributed by atoms with Gasteiger partial charge in [-0.3, -0.25) is 0 Å². The van der Waals surface area contributed by atoms with Gasteiger partial charge in [0.1, 0.15) is 11.6 Å². The minimum Gasteiger partial charge on any atom is -0.497 e. The molecule has 4 heteroatoms. The third kappa shape index (κ3) is 3.89. The Morgan fingerprint density at radius 2 is 1.94 bits per heavy atom. The largest absolute Gasteiger partial charge is 0.497 e. The lowest BCUT2D eigenvalue weighted by molar-refractivity contribution is 0.415. The number of fused-ring (bicyclic) bond motifs is 1. The predicted octanol–water partition coefficient (Wildman–Crippen LogP) is 2.64. The monoisotopic (exact) mass is 247 g/mol. The highest BCUT2D eigenvalue weighted by Crippen LogP contribution is 2.20. The van der Waals surface area contributed by atoms with E-state index in [1.54, 1.807) is 7.11 Å². The summed E-state index contributed by atoms with van der Waals surface area (Å²) < 4.78 is 5.16. The molecule has 0 saturated carbocycles. The number of aromatic nitrogens is 1. The molecule has 1 heterocycles. The van der Waals surface area contributed by atoms with Crippen LogP contribution in [-0.4, -0.2) is 25.2 Å². The zero-order valence-corrected chi connectivity index (χ0v) is 11.2. The Hall–Kier alpha value is -1.81. The number of anilines is 1. The molecular formula is C14H21N3O. The fraction of sp³-hybridized carbons (Fsp3) is 0.357. The predicted molar refractivity (Wildman–Crippen MR) is 77.2 cm³/mol. The van der Waals surface area contributed by atoms with E-state index >= 15 is 0 Å². The van der Waals surface area contributed by atoms with Crippen molar-refractivity contribution in [2.45, 2.75) is 13.8 Å². The first-order valence-electron chi connectivity index (χ1n) is 6.13. The molecule has 1 aromatic carbocycles. The van der Waals surface area contributed by atoms with Gasteiger partial charge in [0, 0.05) is 11.9 Å². The summed E-state index contributed by atoms with van der Waals surface area (Å²) in [6.45, 7) is 5.59. The van der Waals surface area contributed by atoms with Crippen LogP contribution in [0.2, 0.25) is 0 Å². The van der Waals surface area contributed by atoms with E-state index in [0.717, 1.165) is 35.6 Å². The summed E-state index contributed by atoms with van der Waals surface area (Å²) in [6, 6.07) is 9.90. The van der Waals surface area contributed by atoms with Gasteiger partial charge in [-0.05, 0) is 43.8 Å². The number of hydrogen-bond donors (Lipinski definition) is 2. The average molecular weight is 247 g/mol. The lowest BCUT2D eigenvalue weighted by Gasteiger charge is -2.05. The van der Waals surface area contributed by atoms with Crippen molar-refractivity contribution in [2.75, 3.05) is 25.5 Å². The van der Waals surface area contributed by atoms with Crippen molar-refractivity contribution < 1.29 is 4.74 Å². The van der Waals surface area contributed by atoms with Crippen molar-refractivity contribution in [1.29, 1.82) is 0 Å². The SMILES string of the molecule is CCN.CCNc1ccc2cc(OC)ccc2n1. The molecule has 0 aliphatic heterocycles. The third-order valence-electron chi connectivity index (χ3n) is 2.25. The molecule has 3 N–H and O–H groups in total. The molecule has 18 heavy (non-hydrogen) atoms. The Balaban J connectivity index is 0.000000492. The van der Waals surface area contributed by atoms with Crippen LogP contribution >= 0.6 is 0 Å². The summed E-state index contributed by atoms with van der Waals surface area (Å²) in [4.78, 5) is 4.47. The second-order valence-corrected chi connectivity index (χ2v) is 3.69. The van der Waals surface area contributed by atoms with E-state index in [-0.39, 0.29) is 0 Å². The van der Waals surface area contributed by atoms with Crippen molar-refractivity contribution in [1.82, 2.24) is 4.98 Å². The number of nitrogens with one attached hydrogen (secondary N) is 1. The van der Waals surface area contributed by atoms with Crippen molar-refractivity contribution in [2.24, 2.45) is 5.73 Å². The molecule has 1 aromatic heterocycles. The van der Waals surface area contributed by atoms with E-state index in [1.165, 1.54) is 0 Å². The average Bonchev–Trinajstić information content (AvgIpc) is 2.39. The summed E-state index contributed by atoms with van der Waals surface area (Å²) in [5.74, 6) is 1.77. The van der Waals surface area contributed by atoms with Crippen LogP contribution in [0.15, 0.2) is 30.3 Å². The topological polar surface area (TPSA) is 60.2 Å². The number of ether oxygens (including phenoxy) is 1. The van der Waals surface area contributed by atoms with Crippen LogP contribution in [0.3, 0.4) is 0 Å². The zero-order chi connectivity index (χ0) is 13.4. The molecule has 0 bridgehead atoms. The highest BCUT2D eigenvalue weighted by atomic mass is 16.5. The maximum absolute atomic E-state index is 5.16. The van der Waals surface area contributed by atoms with Crippen LogP contribution < -0.4 is 15.8 Å². The van der Waals surface area contributed by atoms with Crippen molar-refractivity contribution >= 4 is 16.7 Å². The van der Waals surface area contributed by atoms with Gasteiger partial charge in [-0.1, -0.05) is 6.92 Å². The third-order valence-corrected chi connectivity index (χ3v) is 2.25. The second-order valence-electron chi connectivity index (χ2n) is 3.69. The number of benzene rings is 1. The summed E-state index contributed by atoms with van der Waals surface area (Å²) >= 11 is 0. The molecule has 0 unspecified atom stereocenters. The van der Waals surface area contributed by atoms with Gasteiger partial charge in [0.05, 0.1) is 12.6 Å². The van der Waals surface area contributed by atoms with Crippen LogP contribution in [-0.2, 0) is 0 Å². The van der Waals surface area contributed by atoms with E-state index in [2.05, 4.69) is 17.2 Å². The number of rotatable bonds is 3. The fourth-order valence-electron chi connectivity index (χ4n) is 1.51. The highest BCUT2D eigenvalue weighted by molar-refractivity contribution is 5.81. The molecule has 0 spiro atoms. The number of nitrogens with two attached hydrogens (primary N) is 1. The summed E-state index contributed by atoms with van der Waals surface area (Å²) in [7, 11) is 1.67. The van der Waals surface area contributed by atoms with Crippen LogP contribution in [0.25, 0.3) is 10.9 Å². The molecule has 0 amide bonds. The number of nitrogens with zero attached hydrogens (tertiary/aromatic N) is 1. The standard InChI is InChI=1S/C12H14N2O.C2H7N/c1-3-13-12-7-4-9-8-10(15-2)5-6-11(9)14-12;1-2-3/h4-8H,3H2,1-2H3,(H,13,14);2-3H2,1H3. The molecule has 98 valence electrons. The maximum atomic E-state index is 5.16. The Morgan fingerprint density at radius 3 is 2.56 bits per heavy atom. The van der Waals surface area contributed by atoms with E-state index in [4.69, 9.17) is 10.5 Å². The maximum Gasteiger partial charge on any atom is 0.126 e. The molecule has 0 aliphatic carbocycles. The molecule has 2 rings (SSSR count). The Kier molecular flexibility index (Phi) is 5.94. The van der Waals surface area contributed by atoms with Crippen molar-refractivity contribution in [3.63, 3.8) is 0 Å². The second kappa shape index (κ2) is 7.50. The van der Waals surface area contributed by atoms with Gasteiger partial charge in [-0.2, -0.15) is 0 Å². The molecule has 0 radical (unpaired) electrons. The first-order valence-corrected chi connectivity index (χ1v) is 6.13. The molecule has 2 aromatic rings. The molecular weight excluding hydrogens is 226 g/mol. The quantitative estimate of drug-likeness (QED) is 0.875. The van der Waals surface area contributed by atoms with Crippen LogP contribution in [0.1, 0.15) is 13.8 Å². The summed E-state index contributed by atoms with van der Waals surface area (Å²) in [5, 5.41) is 4.28. The Morgan fingerprint density at radius 1 is 1.22 bits per heavy atom. The number of pyridine rings is 1. The van der Waals surface area contributed by atoms with E-state index < -0.39 is 0 Å². The van der Waals surface area contributed by atoms with Gasteiger partial charge in [0.15, 0.2) is 0 Å². The number of hydrogen-bond acceptors (Lipinski definition) is 4. The summed E-state index contributed by atoms with van der Waals surface area (Å²) in [6.07, 6.45) is 0. The van der Waals surface area contributed by atoms with Crippen LogP contribution in [0.5, 0.6) is 5.75 Å². The van der Waals surface area contributed by atoms with Gasteiger partial charge in [0.25, 0.3) is 0 Å². The molecule has 4 nitrogen and oxygen atoms in total. The van der Waals surface area contributed by atoms with Crippen LogP contribution in [0.4, 0.5) is 5.82 Å². The zero-order valence-electron chi connectivity index (χ0n) is 11.2. The van der Waals surface area contributed by atoms with Crippen molar-refractivity contribution in [3.05, 3.63) is 30.3 Å². The lowest BCUT2D eigenvalue weighted by Crippen LogP contribution is -1.98. The van der Waals surface area contributed by atoms with Gasteiger partial charge < -0.3 is 15.8 Å². The minimum absolute atomic E-state index is 0.750. The first kappa shape index (κ1) is 14.3. The molecule has 0 fully saturated rings. The minimum atomic E-state index is 0.750. The highest BCUT2D eigenvalue weighted by Gasteiger charge is 1.98. The van der Waals surface area contributed by atoms with Crippen LogP contribution in [0, 0.1) is 0 Å². The van der Waals surface area contributed by atoms with E-state index in [1.807, 2.05) is 37.3 Å². The van der Waals surface area contributed by atoms with Gasteiger partial charge in [0.2, 0.25) is 0 Å². The van der Waals surface area contributed by atoms with E-state index in [0.29, 0.717) is 0 Å². The Bertz CT molecular complexity index is 485. The normalized spacial score (nSPS) is 9.56. The fourth-order valence-corrected chi connectivity index (χ4v) is 1.51. The molecule has 0 saturated heterocycles. The van der Waals surface area contributed by atoms with Gasteiger partial charge in [-0.25, -0.2) is 4.98 Å². The Labute approximate surface area is 108 Å².